The number of hydrogen-bond donors (Lipinski definition) is 2. The molecule has 112 valence electrons. The summed E-state index contributed by atoms with van der Waals surface area (Å²) in [5, 5.41) is 3.49. The molecule has 0 bridgehead atoms. The topological polar surface area (TPSA) is 64.3 Å². The molecule has 0 saturated carbocycles. The number of rotatable bonds is 3. The molecule has 3 N–H and O–H groups in total. The zero-order valence-electron chi connectivity index (χ0n) is 12.7. The van der Waals surface area contributed by atoms with Gasteiger partial charge in [0.1, 0.15) is 5.60 Å². The third-order valence-corrected chi connectivity index (χ3v) is 3.01. The molecule has 1 aromatic carbocycles. The highest BCUT2D eigenvalue weighted by atomic mass is 35.5. The van der Waals surface area contributed by atoms with Gasteiger partial charge in [0.05, 0.1) is 5.54 Å². The smallest absolute Gasteiger partial charge is 0.408 e. The van der Waals surface area contributed by atoms with Gasteiger partial charge in [-0.05, 0) is 57.9 Å². The van der Waals surface area contributed by atoms with Crippen LogP contribution in [0.1, 0.15) is 45.7 Å². The van der Waals surface area contributed by atoms with Gasteiger partial charge >= 0.3 is 6.09 Å². The first-order valence-electron chi connectivity index (χ1n) is 6.55. The molecular formula is C15H23ClN2O2. The second-order valence-electron chi connectivity index (χ2n) is 6.26. The number of nitrogens with two attached hydrogens (primary N) is 1. The predicted octanol–water partition coefficient (Wildman–Crippen LogP) is 3.56. The standard InChI is InChI=1S/C15H23ClN2O2/c1-14(2,3)20-13(19)18-15(4,5)12-7-6-11(16)8-10(12)9-17/h6-8H,9,17H2,1-5H3,(H,18,19). The van der Waals surface area contributed by atoms with Gasteiger partial charge < -0.3 is 15.8 Å². The summed E-state index contributed by atoms with van der Waals surface area (Å²) in [5.41, 5.74) is 6.45. The number of nitrogens with one attached hydrogen (secondary N) is 1. The van der Waals surface area contributed by atoms with Gasteiger partial charge in [-0.1, -0.05) is 17.7 Å². The van der Waals surface area contributed by atoms with E-state index in [1.54, 1.807) is 6.07 Å². The number of ether oxygens (including phenoxy) is 1. The molecule has 0 unspecified atom stereocenters. The molecule has 0 atom stereocenters. The second kappa shape index (κ2) is 6.02. The van der Waals surface area contributed by atoms with Crippen LogP contribution in [0.2, 0.25) is 5.02 Å². The molecule has 20 heavy (non-hydrogen) atoms. The molecule has 1 amide bonds. The maximum Gasteiger partial charge on any atom is 0.408 e. The minimum atomic E-state index is -0.596. The van der Waals surface area contributed by atoms with Gasteiger partial charge in [0, 0.05) is 11.6 Å². The van der Waals surface area contributed by atoms with Crippen molar-refractivity contribution in [2.45, 2.75) is 52.3 Å². The molecular weight excluding hydrogens is 276 g/mol. The Labute approximate surface area is 125 Å². The van der Waals surface area contributed by atoms with Crippen molar-refractivity contribution in [3.63, 3.8) is 0 Å². The minimum absolute atomic E-state index is 0.356. The Morgan fingerprint density at radius 2 is 1.90 bits per heavy atom. The lowest BCUT2D eigenvalue weighted by molar-refractivity contribution is 0.0470. The average Bonchev–Trinajstić information content (AvgIpc) is 2.24. The van der Waals surface area contributed by atoms with E-state index in [0.717, 1.165) is 11.1 Å². The molecule has 0 fully saturated rings. The zero-order chi connectivity index (χ0) is 15.6. The summed E-state index contributed by atoms with van der Waals surface area (Å²) in [6.45, 7) is 9.64. The van der Waals surface area contributed by atoms with E-state index in [-0.39, 0.29) is 0 Å². The third-order valence-electron chi connectivity index (χ3n) is 2.77. The van der Waals surface area contributed by atoms with Crippen molar-refractivity contribution in [1.29, 1.82) is 0 Å². The van der Waals surface area contributed by atoms with Crippen LogP contribution in [0.15, 0.2) is 18.2 Å². The number of halogens is 1. The van der Waals surface area contributed by atoms with Crippen molar-refractivity contribution in [1.82, 2.24) is 5.32 Å². The lowest BCUT2D eigenvalue weighted by Crippen LogP contribution is -2.44. The fourth-order valence-corrected chi connectivity index (χ4v) is 2.16. The molecule has 5 heteroatoms. The first-order chi connectivity index (χ1) is 9.05. The summed E-state index contributed by atoms with van der Waals surface area (Å²) in [4.78, 5) is 11.9. The van der Waals surface area contributed by atoms with Gasteiger partial charge in [-0.3, -0.25) is 0 Å². The van der Waals surface area contributed by atoms with Crippen LogP contribution in [0.25, 0.3) is 0 Å². The van der Waals surface area contributed by atoms with E-state index in [0.29, 0.717) is 11.6 Å². The third kappa shape index (κ3) is 4.69. The first-order valence-corrected chi connectivity index (χ1v) is 6.93. The van der Waals surface area contributed by atoms with E-state index in [9.17, 15) is 4.79 Å². The molecule has 0 saturated heterocycles. The lowest BCUT2D eigenvalue weighted by atomic mass is 9.90. The number of amides is 1. The van der Waals surface area contributed by atoms with Crippen molar-refractivity contribution < 1.29 is 9.53 Å². The minimum Gasteiger partial charge on any atom is -0.444 e. The summed E-state index contributed by atoms with van der Waals surface area (Å²) in [7, 11) is 0. The highest BCUT2D eigenvalue weighted by molar-refractivity contribution is 6.30. The highest BCUT2D eigenvalue weighted by Crippen LogP contribution is 2.27. The number of alkyl carbamates (subject to hydrolysis) is 1. The molecule has 0 spiro atoms. The number of benzene rings is 1. The first kappa shape index (κ1) is 16.8. The molecule has 0 heterocycles. The van der Waals surface area contributed by atoms with E-state index in [1.807, 2.05) is 46.8 Å². The van der Waals surface area contributed by atoms with E-state index in [2.05, 4.69) is 5.32 Å². The SMILES string of the molecule is CC(C)(C)OC(=O)NC(C)(C)c1ccc(Cl)cc1CN. The van der Waals surface area contributed by atoms with E-state index >= 15 is 0 Å². The number of hydrogen-bond acceptors (Lipinski definition) is 3. The van der Waals surface area contributed by atoms with Crippen LogP contribution < -0.4 is 11.1 Å². The molecule has 4 nitrogen and oxygen atoms in total. The van der Waals surface area contributed by atoms with E-state index in [1.165, 1.54) is 0 Å². The van der Waals surface area contributed by atoms with Gasteiger partial charge in [-0.15, -0.1) is 0 Å². The Bertz CT molecular complexity index is 493. The van der Waals surface area contributed by atoms with Crippen LogP contribution in [0.3, 0.4) is 0 Å². The predicted molar refractivity (Wildman–Crippen MR) is 81.7 cm³/mol. The number of carbonyl (C=O) groups excluding carboxylic acids is 1. The van der Waals surface area contributed by atoms with Crippen LogP contribution in [0, 0.1) is 0 Å². The average molecular weight is 299 g/mol. The lowest BCUT2D eigenvalue weighted by Gasteiger charge is -2.30. The molecule has 0 aliphatic heterocycles. The maximum atomic E-state index is 11.9. The van der Waals surface area contributed by atoms with Crippen LogP contribution in [0.5, 0.6) is 0 Å². The van der Waals surface area contributed by atoms with Crippen molar-refractivity contribution in [2.75, 3.05) is 0 Å². The molecule has 0 radical (unpaired) electrons. The molecule has 0 aliphatic carbocycles. The number of carbonyl (C=O) groups is 1. The highest BCUT2D eigenvalue weighted by Gasteiger charge is 2.28. The van der Waals surface area contributed by atoms with E-state index < -0.39 is 17.2 Å². The summed E-state index contributed by atoms with van der Waals surface area (Å²) < 4.78 is 5.28. The Hall–Kier alpha value is -1.26. The molecule has 0 aromatic heterocycles. The second-order valence-corrected chi connectivity index (χ2v) is 6.69. The summed E-state index contributed by atoms with van der Waals surface area (Å²) in [6.07, 6.45) is -0.458. The Kier molecular flexibility index (Phi) is 5.05. The zero-order valence-corrected chi connectivity index (χ0v) is 13.5. The molecule has 1 aromatic rings. The van der Waals surface area contributed by atoms with E-state index in [4.69, 9.17) is 22.1 Å². The monoisotopic (exact) mass is 298 g/mol. The maximum absolute atomic E-state index is 11.9. The summed E-state index contributed by atoms with van der Waals surface area (Å²) in [6, 6.07) is 5.48. The van der Waals surface area contributed by atoms with Crippen LogP contribution >= 0.6 is 11.6 Å². The van der Waals surface area contributed by atoms with Crippen molar-refractivity contribution in [3.05, 3.63) is 34.3 Å². The van der Waals surface area contributed by atoms with Crippen LogP contribution in [-0.2, 0) is 16.8 Å². The van der Waals surface area contributed by atoms with Gasteiger partial charge in [0.2, 0.25) is 0 Å². The van der Waals surface area contributed by atoms with Crippen molar-refractivity contribution in [3.8, 4) is 0 Å². The van der Waals surface area contributed by atoms with Crippen molar-refractivity contribution >= 4 is 17.7 Å². The van der Waals surface area contributed by atoms with Crippen LogP contribution in [-0.4, -0.2) is 11.7 Å². The summed E-state index contributed by atoms with van der Waals surface area (Å²) in [5.74, 6) is 0. The van der Waals surface area contributed by atoms with Gasteiger partial charge in [0.25, 0.3) is 0 Å². The Balaban J connectivity index is 2.96. The fourth-order valence-electron chi connectivity index (χ4n) is 1.97. The normalized spacial score (nSPS) is 12.2. The summed E-state index contributed by atoms with van der Waals surface area (Å²) >= 11 is 5.97. The van der Waals surface area contributed by atoms with Crippen LogP contribution in [0.4, 0.5) is 4.79 Å². The quantitative estimate of drug-likeness (QED) is 0.897. The van der Waals surface area contributed by atoms with Gasteiger partial charge in [-0.2, -0.15) is 0 Å². The largest absolute Gasteiger partial charge is 0.444 e. The molecule has 1 rings (SSSR count). The fraction of sp³-hybridized carbons (Fsp3) is 0.533. The van der Waals surface area contributed by atoms with Gasteiger partial charge in [-0.25, -0.2) is 4.79 Å². The van der Waals surface area contributed by atoms with Crippen molar-refractivity contribution in [2.24, 2.45) is 5.73 Å². The Morgan fingerprint density at radius 1 is 1.30 bits per heavy atom. The van der Waals surface area contributed by atoms with Gasteiger partial charge in [0.15, 0.2) is 0 Å². The molecule has 0 aliphatic rings. The Morgan fingerprint density at radius 3 is 2.40 bits per heavy atom.